The largest absolute Gasteiger partial charge is 0.356 e. The second-order valence-corrected chi connectivity index (χ2v) is 5.89. The van der Waals surface area contributed by atoms with Gasteiger partial charge in [-0.3, -0.25) is 4.99 Å². The van der Waals surface area contributed by atoms with Gasteiger partial charge >= 0.3 is 0 Å². The Morgan fingerprint density at radius 3 is 2.47 bits per heavy atom. The zero-order chi connectivity index (χ0) is 13.7. The summed E-state index contributed by atoms with van der Waals surface area (Å²) in [6, 6.07) is 11.2. The second-order valence-electron chi connectivity index (χ2n) is 5.89. The SMILES string of the molecule is CN=C(NCC1(Cc2ccccc2)CC1)NC(C)C. The van der Waals surface area contributed by atoms with Crippen molar-refractivity contribution >= 4 is 5.96 Å². The van der Waals surface area contributed by atoms with Gasteiger partial charge in [-0.05, 0) is 44.1 Å². The van der Waals surface area contributed by atoms with Gasteiger partial charge in [0, 0.05) is 19.6 Å². The zero-order valence-corrected chi connectivity index (χ0v) is 12.2. The van der Waals surface area contributed by atoms with E-state index in [2.05, 4.69) is 59.8 Å². The number of benzene rings is 1. The smallest absolute Gasteiger partial charge is 0.191 e. The van der Waals surface area contributed by atoms with E-state index in [9.17, 15) is 0 Å². The highest BCUT2D eigenvalue weighted by Crippen LogP contribution is 2.47. The molecular formula is C16H25N3. The highest BCUT2D eigenvalue weighted by atomic mass is 15.2. The number of aliphatic imine (C=N–C) groups is 1. The van der Waals surface area contributed by atoms with Gasteiger partial charge in [0.25, 0.3) is 0 Å². The Morgan fingerprint density at radius 2 is 1.95 bits per heavy atom. The highest BCUT2D eigenvalue weighted by Gasteiger charge is 2.42. The maximum absolute atomic E-state index is 4.26. The summed E-state index contributed by atoms with van der Waals surface area (Å²) in [7, 11) is 1.83. The van der Waals surface area contributed by atoms with Crippen LogP contribution in [-0.4, -0.2) is 25.6 Å². The van der Waals surface area contributed by atoms with Gasteiger partial charge in [-0.2, -0.15) is 0 Å². The predicted octanol–water partition coefficient (Wildman–Crippen LogP) is 2.58. The fourth-order valence-corrected chi connectivity index (χ4v) is 2.36. The van der Waals surface area contributed by atoms with Crippen LogP contribution in [0.15, 0.2) is 35.3 Å². The Bertz CT molecular complexity index is 419. The van der Waals surface area contributed by atoms with Crippen molar-refractivity contribution in [2.75, 3.05) is 13.6 Å². The first-order valence-electron chi connectivity index (χ1n) is 7.15. The summed E-state index contributed by atoms with van der Waals surface area (Å²) in [5.74, 6) is 0.911. The van der Waals surface area contributed by atoms with Crippen molar-refractivity contribution in [1.29, 1.82) is 0 Å². The number of hydrogen-bond acceptors (Lipinski definition) is 1. The number of hydrogen-bond donors (Lipinski definition) is 2. The molecule has 104 valence electrons. The minimum absolute atomic E-state index is 0.412. The first-order valence-corrected chi connectivity index (χ1v) is 7.15. The van der Waals surface area contributed by atoms with Crippen LogP contribution in [0.1, 0.15) is 32.3 Å². The molecule has 1 aliphatic rings. The molecule has 1 aliphatic carbocycles. The molecular weight excluding hydrogens is 234 g/mol. The average Bonchev–Trinajstić information content (AvgIpc) is 3.15. The Morgan fingerprint density at radius 1 is 1.26 bits per heavy atom. The zero-order valence-electron chi connectivity index (χ0n) is 12.2. The molecule has 0 atom stereocenters. The lowest BCUT2D eigenvalue weighted by atomic mass is 9.96. The van der Waals surface area contributed by atoms with Gasteiger partial charge in [-0.15, -0.1) is 0 Å². The van der Waals surface area contributed by atoms with Gasteiger partial charge < -0.3 is 10.6 Å². The van der Waals surface area contributed by atoms with Crippen molar-refractivity contribution in [2.45, 2.75) is 39.2 Å². The van der Waals surface area contributed by atoms with E-state index in [0.717, 1.165) is 12.5 Å². The highest BCUT2D eigenvalue weighted by molar-refractivity contribution is 5.79. The van der Waals surface area contributed by atoms with E-state index >= 15 is 0 Å². The van der Waals surface area contributed by atoms with E-state index in [1.54, 1.807) is 0 Å². The molecule has 0 aliphatic heterocycles. The van der Waals surface area contributed by atoms with Crippen molar-refractivity contribution in [1.82, 2.24) is 10.6 Å². The van der Waals surface area contributed by atoms with E-state index in [0.29, 0.717) is 11.5 Å². The van der Waals surface area contributed by atoms with Crippen molar-refractivity contribution in [3.05, 3.63) is 35.9 Å². The van der Waals surface area contributed by atoms with Gasteiger partial charge in [0.2, 0.25) is 0 Å². The fourth-order valence-electron chi connectivity index (χ4n) is 2.36. The van der Waals surface area contributed by atoms with E-state index < -0.39 is 0 Å². The molecule has 3 heteroatoms. The molecule has 0 amide bonds. The molecule has 0 radical (unpaired) electrons. The maximum atomic E-state index is 4.26. The normalized spacial score (nSPS) is 17.4. The van der Waals surface area contributed by atoms with Crippen LogP contribution in [0.4, 0.5) is 0 Å². The van der Waals surface area contributed by atoms with Crippen LogP contribution in [0.5, 0.6) is 0 Å². The lowest BCUT2D eigenvalue weighted by Gasteiger charge is -2.20. The van der Waals surface area contributed by atoms with Gasteiger partial charge in [0.15, 0.2) is 5.96 Å². The molecule has 1 fully saturated rings. The lowest BCUT2D eigenvalue weighted by Crippen LogP contribution is -2.43. The first kappa shape index (κ1) is 13.9. The first-order chi connectivity index (χ1) is 9.13. The number of guanidine groups is 1. The van der Waals surface area contributed by atoms with Gasteiger partial charge in [0.1, 0.15) is 0 Å². The molecule has 0 saturated heterocycles. The van der Waals surface area contributed by atoms with Crippen molar-refractivity contribution < 1.29 is 0 Å². The topological polar surface area (TPSA) is 36.4 Å². The monoisotopic (exact) mass is 259 g/mol. The summed E-state index contributed by atoms with van der Waals surface area (Å²) >= 11 is 0. The third-order valence-electron chi connectivity index (χ3n) is 3.66. The van der Waals surface area contributed by atoms with E-state index in [1.165, 1.54) is 24.8 Å². The summed E-state index contributed by atoms with van der Waals surface area (Å²) in [6.45, 7) is 5.27. The lowest BCUT2D eigenvalue weighted by molar-refractivity contribution is 0.490. The fraction of sp³-hybridized carbons (Fsp3) is 0.562. The summed E-state index contributed by atoms with van der Waals surface area (Å²) in [6.07, 6.45) is 3.79. The van der Waals surface area contributed by atoms with E-state index in [4.69, 9.17) is 0 Å². The molecule has 3 nitrogen and oxygen atoms in total. The van der Waals surface area contributed by atoms with Crippen LogP contribution in [-0.2, 0) is 6.42 Å². The third-order valence-corrected chi connectivity index (χ3v) is 3.66. The van der Waals surface area contributed by atoms with Crippen molar-refractivity contribution in [2.24, 2.45) is 10.4 Å². The Hall–Kier alpha value is -1.51. The van der Waals surface area contributed by atoms with Crippen LogP contribution in [0.2, 0.25) is 0 Å². The van der Waals surface area contributed by atoms with Crippen molar-refractivity contribution in [3.8, 4) is 0 Å². The van der Waals surface area contributed by atoms with Crippen LogP contribution < -0.4 is 10.6 Å². The molecule has 1 aromatic carbocycles. The molecule has 2 rings (SSSR count). The summed E-state index contributed by atoms with van der Waals surface area (Å²) in [4.78, 5) is 4.26. The molecule has 0 spiro atoms. The molecule has 1 saturated carbocycles. The van der Waals surface area contributed by atoms with Gasteiger partial charge in [0.05, 0.1) is 0 Å². The number of nitrogens with zero attached hydrogens (tertiary/aromatic N) is 1. The van der Waals surface area contributed by atoms with Crippen molar-refractivity contribution in [3.63, 3.8) is 0 Å². The summed E-state index contributed by atoms with van der Waals surface area (Å²) < 4.78 is 0. The standard InChI is InChI=1S/C16H25N3/c1-13(2)19-15(17-3)18-12-16(9-10-16)11-14-7-5-4-6-8-14/h4-8,13H,9-12H2,1-3H3,(H2,17,18,19). The van der Waals surface area contributed by atoms with Crippen LogP contribution >= 0.6 is 0 Å². The molecule has 0 bridgehead atoms. The van der Waals surface area contributed by atoms with E-state index in [1.807, 2.05) is 7.05 Å². The minimum Gasteiger partial charge on any atom is -0.356 e. The van der Waals surface area contributed by atoms with Gasteiger partial charge in [-0.25, -0.2) is 0 Å². The van der Waals surface area contributed by atoms with Crippen LogP contribution in [0, 0.1) is 5.41 Å². The maximum Gasteiger partial charge on any atom is 0.191 e. The quantitative estimate of drug-likeness (QED) is 0.630. The molecule has 0 unspecified atom stereocenters. The summed E-state index contributed by atoms with van der Waals surface area (Å²) in [5, 5.41) is 6.80. The Labute approximate surface area is 116 Å². The predicted molar refractivity (Wildman–Crippen MR) is 81.4 cm³/mol. The molecule has 0 heterocycles. The molecule has 0 aromatic heterocycles. The number of nitrogens with one attached hydrogen (secondary N) is 2. The van der Waals surface area contributed by atoms with E-state index in [-0.39, 0.29) is 0 Å². The molecule has 2 N–H and O–H groups in total. The van der Waals surface area contributed by atoms with Crippen LogP contribution in [0.25, 0.3) is 0 Å². The summed E-state index contributed by atoms with van der Waals surface area (Å²) in [5.41, 5.74) is 1.88. The molecule has 1 aromatic rings. The Balaban J connectivity index is 1.85. The third kappa shape index (κ3) is 4.27. The van der Waals surface area contributed by atoms with Crippen LogP contribution in [0.3, 0.4) is 0 Å². The molecule has 19 heavy (non-hydrogen) atoms. The minimum atomic E-state index is 0.412. The number of rotatable bonds is 5. The Kier molecular flexibility index (Phi) is 4.46. The second kappa shape index (κ2) is 6.09. The average molecular weight is 259 g/mol. The van der Waals surface area contributed by atoms with Gasteiger partial charge in [-0.1, -0.05) is 30.3 Å².